The van der Waals surface area contributed by atoms with E-state index < -0.39 is 12.0 Å². The Bertz CT molecular complexity index is 685. The van der Waals surface area contributed by atoms with Crippen LogP contribution in [0.5, 0.6) is 5.75 Å². The van der Waals surface area contributed by atoms with E-state index in [0.717, 1.165) is 0 Å². The molecule has 0 spiro atoms. The highest BCUT2D eigenvalue weighted by molar-refractivity contribution is 6.05. The first-order chi connectivity index (χ1) is 9.99. The molecule has 6 heteroatoms. The molecule has 0 aromatic heterocycles. The molecule has 108 valence electrons. The average molecular weight is 286 g/mol. The number of carboxylic acids is 1. The molecule has 6 nitrogen and oxygen atoms in total. The van der Waals surface area contributed by atoms with E-state index in [2.05, 4.69) is 5.32 Å². The first kappa shape index (κ1) is 14.4. The predicted octanol–water partition coefficient (Wildman–Crippen LogP) is 2.76. The number of hydrogen-bond acceptors (Lipinski definition) is 3. The van der Waals surface area contributed by atoms with Crippen LogP contribution in [0.1, 0.15) is 10.4 Å². The molecule has 0 heterocycles. The number of hydrogen-bond donors (Lipinski definition) is 3. The summed E-state index contributed by atoms with van der Waals surface area (Å²) in [5.41, 5.74) is 0.706. The molecule has 2 rings (SSSR count). The SMILES string of the molecule is CN(C(=O)Nc1ccccc1C(=O)O)c1cccc(O)c1. The van der Waals surface area contributed by atoms with Gasteiger partial charge in [-0.3, -0.25) is 4.90 Å². The van der Waals surface area contributed by atoms with Crippen molar-refractivity contribution in [3.8, 4) is 5.75 Å². The molecule has 0 radical (unpaired) electrons. The molecule has 0 saturated heterocycles. The smallest absolute Gasteiger partial charge is 0.337 e. The third kappa shape index (κ3) is 3.30. The second-order valence-electron chi connectivity index (χ2n) is 4.36. The van der Waals surface area contributed by atoms with Crippen LogP contribution in [0.2, 0.25) is 0 Å². The Kier molecular flexibility index (Phi) is 4.08. The van der Waals surface area contributed by atoms with Crippen molar-refractivity contribution in [1.82, 2.24) is 0 Å². The van der Waals surface area contributed by atoms with Crippen LogP contribution in [0.3, 0.4) is 0 Å². The quantitative estimate of drug-likeness (QED) is 0.809. The zero-order valence-electron chi connectivity index (χ0n) is 11.3. The van der Waals surface area contributed by atoms with Gasteiger partial charge < -0.3 is 15.5 Å². The second kappa shape index (κ2) is 5.96. The number of anilines is 2. The number of carbonyl (C=O) groups is 2. The van der Waals surface area contributed by atoms with Gasteiger partial charge in [-0.2, -0.15) is 0 Å². The highest BCUT2D eigenvalue weighted by Crippen LogP contribution is 2.21. The first-order valence-corrected chi connectivity index (χ1v) is 6.15. The molecular weight excluding hydrogens is 272 g/mol. The number of aromatic carboxylic acids is 1. The van der Waals surface area contributed by atoms with E-state index in [9.17, 15) is 14.7 Å². The van der Waals surface area contributed by atoms with E-state index >= 15 is 0 Å². The molecule has 21 heavy (non-hydrogen) atoms. The average Bonchev–Trinajstić information content (AvgIpc) is 2.46. The van der Waals surface area contributed by atoms with Crippen molar-refractivity contribution in [2.75, 3.05) is 17.3 Å². The number of phenolic OH excluding ortho intramolecular Hbond substituents is 1. The lowest BCUT2D eigenvalue weighted by atomic mass is 10.2. The summed E-state index contributed by atoms with van der Waals surface area (Å²) >= 11 is 0. The Morgan fingerprint density at radius 1 is 1.10 bits per heavy atom. The standard InChI is InChI=1S/C15H14N2O4/c1-17(10-5-4-6-11(18)9-10)15(21)16-13-8-3-2-7-12(13)14(19)20/h2-9,18H,1H3,(H,16,21)(H,19,20). The lowest BCUT2D eigenvalue weighted by molar-refractivity contribution is 0.0698. The van der Waals surface area contributed by atoms with Crippen molar-refractivity contribution in [2.45, 2.75) is 0 Å². The summed E-state index contributed by atoms with van der Waals surface area (Å²) in [5.74, 6) is -1.08. The summed E-state index contributed by atoms with van der Waals surface area (Å²) in [6.07, 6.45) is 0. The van der Waals surface area contributed by atoms with Gasteiger partial charge in [-0.1, -0.05) is 18.2 Å². The zero-order valence-corrected chi connectivity index (χ0v) is 11.3. The molecule has 0 aliphatic heterocycles. The van der Waals surface area contributed by atoms with Crippen molar-refractivity contribution < 1.29 is 19.8 Å². The summed E-state index contributed by atoms with van der Waals surface area (Å²) in [4.78, 5) is 24.5. The lowest BCUT2D eigenvalue weighted by Gasteiger charge is -2.19. The van der Waals surface area contributed by atoms with Crippen LogP contribution in [0, 0.1) is 0 Å². The van der Waals surface area contributed by atoms with E-state index in [1.54, 1.807) is 24.3 Å². The van der Waals surface area contributed by atoms with Crippen LogP contribution in [0.15, 0.2) is 48.5 Å². The van der Waals surface area contributed by atoms with E-state index in [1.165, 1.54) is 36.2 Å². The molecule has 0 unspecified atom stereocenters. The minimum atomic E-state index is -1.12. The van der Waals surface area contributed by atoms with Crippen LogP contribution < -0.4 is 10.2 Å². The molecule has 0 bridgehead atoms. The number of phenols is 1. The van der Waals surface area contributed by atoms with Gasteiger partial charge in [0.25, 0.3) is 0 Å². The molecule has 2 aromatic carbocycles. The summed E-state index contributed by atoms with van der Waals surface area (Å²) in [5, 5.41) is 21.0. The minimum Gasteiger partial charge on any atom is -0.508 e. The van der Waals surface area contributed by atoms with Crippen LogP contribution in [-0.2, 0) is 0 Å². The van der Waals surface area contributed by atoms with Crippen LogP contribution in [0.4, 0.5) is 16.2 Å². The van der Waals surface area contributed by atoms with Gasteiger partial charge in [-0.15, -0.1) is 0 Å². The Hall–Kier alpha value is -3.02. The maximum Gasteiger partial charge on any atom is 0.337 e. The van der Waals surface area contributed by atoms with Crippen LogP contribution in [0.25, 0.3) is 0 Å². The zero-order chi connectivity index (χ0) is 15.4. The molecule has 0 fully saturated rings. The van der Waals surface area contributed by atoms with Crippen LogP contribution in [-0.4, -0.2) is 29.3 Å². The molecule has 0 aliphatic rings. The van der Waals surface area contributed by atoms with E-state index in [1.807, 2.05) is 0 Å². The topological polar surface area (TPSA) is 89.9 Å². The van der Waals surface area contributed by atoms with E-state index in [0.29, 0.717) is 5.69 Å². The van der Waals surface area contributed by atoms with Gasteiger partial charge in [0.1, 0.15) is 5.75 Å². The Labute approximate surface area is 121 Å². The lowest BCUT2D eigenvalue weighted by Crippen LogP contribution is -2.31. The summed E-state index contributed by atoms with van der Waals surface area (Å²) in [6.45, 7) is 0. The van der Waals surface area contributed by atoms with Crippen molar-refractivity contribution in [3.63, 3.8) is 0 Å². The van der Waals surface area contributed by atoms with Crippen LogP contribution >= 0.6 is 0 Å². The molecule has 0 atom stereocenters. The van der Waals surface area contributed by atoms with Crippen molar-refractivity contribution in [3.05, 3.63) is 54.1 Å². The second-order valence-corrected chi connectivity index (χ2v) is 4.36. The highest BCUT2D eigenvalue weighted by atomic mass is 16.4. The molecule has 0 aliphatic carbocycles. The van der Waals surface area contributed by atoms with Crippen molar-refractivity contribution in [1.29, 1.82) is 0 Å². The fraction of sp³-hybridized carbons (Fsp3) is 0.0667. The van der Waals surface area contributed by atoms with E-state index in [4.69, 9.17) is 5.11 Å². The normalized spacial score (nSPS) is 9.95. The largest absolute Gasteiger partial charge is 0.508 e. The van der Waals surface area contributed by atoms with Gasteiger partial charge in [-0.25, -0.2) is 9.59 Å². The van der Waals surface area contributed by atoms with Crippen molar-refractivity contribution >= 4 is 23.4 Å². The number of amides is 2. The predicted molar refractivity (Wildman–Crippen MR) is 78.9 cm³/mol. The third-order valence-corrected chi connectivity index (χ3v) is 2.92. The number of aromatic hydroxyl groups is 1. The molecule has 0 saturated carbocycles. The fourth-order valence-electron chi connectivity index (χ4n) is 1.80. The number of urea groups is 1. The first-order valence-electron chi connectivity index (χ1n) is 6.15. The number of para-hydroxylation sites is 1. The number of benzene rings is 2. The van der Waals surface area contributed by atoms with Gasteiger partial charge >= 0.3 is 12.0 Å². The maximum absolute atomic E-state index is 12.1. The van der Waals surface area contributed by atoms with Gasteiger partial charge in [0.05, 0.1) is 11.3 Å². The summed E-state index contributed by atoms with van der Waals surface area (Å²) in [7, 11) is 1.52. The number of nitrogens with one attached hydrogen (secondary N) is 1. The monoisotopic (exact) mass is 286 g/mol. The van der Waals surface area contributed by atoms with Gasteiger partial charge in [0, 0.05) is 18.8 Å². The Morgan fingerprint density at radius 2 is 1.81 bits per heavy atom. The van der Waals surface area contributed by atoms with Gasteiger partial charge in [0.2, 0.25) is 0 Å². The van der Waals surface area contributed by atoms with Crippen molar-refractivity contribution in [2.24, 2.45) is 0 Å². The Balaban J connectivity index is 2.20. The third-order valence-electron chi connectivity index (χ3n) is 2.92. The number of carboxylic acid groups (broad SMARTS) is 1. The summed E-state index contributed by atoms with van der Waals surface area (Å²) < 4.78 is 0. The molecule has 2 aromatic rings. The Morgan fingerprint density at radius 3 is 2.48 bits per heavy atom. The number of rotatable bonds is 3. The van der Waals surface area contributed by atoms with E-state index in [-0.39, 0.29) is 17.0 Å². The van der Waals surface area contributed by atoms with Gasteiger partial charge in [-0.05, 0) is 24.3 Å². The molecule has 2 amide bonds. The van der Waals surface area contributed by atoms with Gasteiger partial charge in [0.15, 0.2) is 0 Å². The maximum atomic E-state index is 12.1. The number of carbonyl (C=O) groups excluding carboxylic acids is 1. The minimum absolute atomic E-state index is 0.00941. The molecule has 3 N–H and O–H groups in total. The fourth-order valence-corrected chi connectivity index (χ4v) is 1.80. The number of nitrogens with zero attached hydrogens (tertiary/aromatic N) is 1. The molecular formula is C15H14N2O4. The summed E-state index contributed by atoms with van der Waals surface area (Å²) in [6, 6.07) is 11.8. The highest BCUT2D eigenvalue weighted by Gasteiger charge is 2.15.